The maximum absolute atomic E-state index is 13.6. The van der Waals surface area contributed by atoms with Gasteiger partial charge in [-0.05, 0) is 74.5 Å². The summed E-state index contributed by atoms with van der Waals surface area (Å²) in [6, 6.07) is 32.1. The minimum absolute atomic E-state index is 0.0210. The molecule has 0 bridgehead atoms. The smallest absolute Gasteiger partial charge is 0.348 e. The Morgan fingerprint density at radius 1 is 0.600 bits per heavy atom. The van der Waals surface area contributed by atoms with Gasteiger partial charge in [0.15, 0.2) is 0 Å². The van der Waals surface area contributed by atoms with Gasteiger partial charge in [-0.15, -0.1) is 0 Å². The molecule has 6 heteroatoms. The second-order valence-electron chi connectivity index (χ2n) is 11.7. The molecule has 6 nitrogen and oxygen atoms in total. The van der Waals surface area contributed by atoms with Gasteiger partial charge in [0.05, 0.1) is 0 Å². The highest BCUT2D eigenvalue weighted by molar-refractivity contribution is 6.06. The maximum Gasteiger partial charge on any atom is 0.348 e. The molecule has 0 spiro atoms. The average molecular weight is 597 g/mol. The Balaban J connectivity index is 1.14. The summed E-state index contributed by atoms with van der Waals surface area (Å²) < 4.78 is 17.2. The lowest BCUT2D eigenvalue weighted by Gasteiger charge is -2.28. The summed E-state index contributed by atoms with van der Waals surface area (Å²) in [5, 5.41) is 8.30. The molecule has 224 valence electrons. The third-order valence-corrected chi connectivity index (χ3v) is 9.16. The number of carbonyl (C=O) groups is 3. The predicted molar refractivity (Wildman–Crippen MR) is 175 cm³/mol. The van der Waals surface area contributed by atoms with Gasteiger partial charge in [0, 0.05) is 17.5 Å². The maximum atomic E-state index is 13.6. The van der Waals surface area contributed by atoms with Crippen LogP contribution in [0.25, 0.3) is 43.1 Å². The van der Waals surface area contributed by atoms with Gasteiger partial charge >= 0.3 is 17.9 Å². The van der Waals surface area contributed by atoms with E-state index in [9.17, 15) is 14.4 Å². The van der Waals surface area contributed by atoms with Crippen LogP contribution in [0.3, 0.4) is 0 Å². The first-order valence-corrected chi connectivity index (χ1v) is 15.2. The normalized spacial score (nSPS) is 16.6. The lowest BCUT2D eigenvalue weighted by molar-refractivity contribution is -0.184. The van der Waals surface area contributed by atoms with Crippen molar-refractivity contribution in [2.24, 2.45) is 5.92 Å². The van der Waals surface area contributed by atoms with Gasteiger partial charge in [-0.2, -0.15) is 0 Å². The van der Waals surface area contributed by atoms with Crippen molar-refractivity contribution in [3.63, 3.8) is 0 Å². The highest BCUT2D eigenvalue weighted by Crippen LogP contribution is 2.35. The van der Waals surface area contributed by atoms with Crippen molar-refractivity contribution in [1.82, 2.24) is 0 Å². The van der Waals surface area contributed by atoms with Crippen molar-refractivity contribution in [1.29, 1.82) is 0 Å². The summed E-state index contributed by atoms with van der Waals surface area (Å²) in [6.45, 7) is 4.17. The van der Waals surface area contributed by atoms with E-state index in [4.69, 9.17) is 14.2 Å². The molecule has 1 heterocycles. The van der Waals surface area contributed by atoms with E-state index in [0.717, 1.165) is 65.3 Å². The van der Waals surface area contributed by atoms with Gasteiger partial charge in [0.1, 0.15) is 19.1 Å². The van der Waals surface area contributed by atoms with Crippen LogP contribution in [0.4, 0.5) is 0 Å². The number of aryl methyl sites for hydroxylation is 2. The number of carbonyl (C=O) groups excluding carboxylic acids is 3. The quantitative estimate of drug-likeness (QED) is 0.110. The topological polar surface area (TPSA) is 78.9 Å². The van der Waals surface area contributed by atoms with E-state index in [1.165, 1.54) is 0 Å². The van der Waals surface area contributed by atoms with Crippen molar-refractivity contribution in [3.8, 4) is 0 Å². The minimum atomic E-state index is -1.38. The number of rotatable bonds is 6. The number of fused-ring (bicyclic) bond motifs is 4. The number of benzene rings is 6. The molecule has 0 aliphatic carbocycles. The Kier molecular flexibility index (Phi) is 7.42. The first kappa shape index (κ1) is 28.5. The Morgan fingerprint density at radius 2 is 0.956 bits per heavy atom. The first-order valence-electron chi connectivity index (χ1n) is 15.2. The van der Waals surface area contributed by atoms with Crippen LogP contribution in [0.1, 0.15) is 35.1 Å². The SMILES string of the molecule is Cc1c2ccccc2c(COC(=O)C2CCC(=O)OC2C(=O)OCc2c3ccccc3c(C)c3ccccc23)c2ccccc12. The lowest BCUT2D eigenvalue weighted by atomic mass is 9.92. The van der Waals surface area contributed by atoms with Crippen LogP contribution in [0.2, 0.25) is 0 Å². The van der Waals surface area contributed by atoms with Crippen LogP contribution in [0.5, 0.6) is 0 Å². The van der Waals surface area contributed by atoms with Crippen LogP contribution in [0, 0.1) is 19.8 Å². The molecule has 1 fully saturated rings. The molecule has 45 heavy (non-hydrogen) atoms. The largest absolute Gasteiger partial charge is 0.460 e. The number of esters is 3. The molecule has 6 aromatic carbocycles. The Bertz CT molecular complexity index is 2030. The fourth-order valence-electron chi connectivity index (χ4n) is 6.82. The number of hydrogen-bond acceptors (Lipinski definition) is 6. The molecule has 6 aromatic rings. The fraction of sp³-hybridized carbons (Fsp3) is 0.205. The number of cyclic esters (lactones) is 1. The Morgan fingerprint density at radius 3 is 1.36 bits per heavy atom. The van der Waals surface area contributed by atoms with E-state index in [2.05, 4.69) is 38.1 Å². The summed E-state index contributed by atoms with van der Waals surface area (Å²) in [4.78, 5) is 39.4. The molecule has 2 unspecified atom stereocenters. The summed E-state index contributed by atoms with van der Waals surface area (Å²) in [5.74, 6) is -2.86. The van der Waals surface area contributed by atoms with E-state index in [1.54, 1.807) is 0 Å². The monoisotopic (exact) mass is 596 g/mol. The lowest BCUT2D eigenvalue weighted by Crippen LogP contribution is -2.44. The van der Waals surface area contributed by atoms with Gasteiger partial charge in [0.25, 0.3) is 0 Å². The molecule has 0 aromatic heterocycles. The summed E-state index contributed by atoms with van der Waals surface area (Å²) in [5.41, 5.74) is 4.06. The third-order valence-electron chi connectivity index (χ3n) is 9.16. The number of ether oxygens (including phenoxy) is 3. The van der Waals surface area contributed by atoms with E-state index >= 15 is 0 Å². The van der Waals surface area contributed by atoms with Crippen molar-refractivity contribution >= 4 is 61.0 Å². The Labute approximate surface area is 260 Å². The zero-order chi connectivity index (χ0) is 31.1. The van der Waals surface area contributed by atoms with Crippen molar-refractivity contribution in [2.75, 3.05) is 0 Å². The second kappa shape index (κ2) is 11.7. The minimum Gasteiger partial charge on any atom is -0.460 e. The van der Waals surface area contributed by atoms with Crippen molar-refractivity contribution < 1.29 is 28.6 Å². The van der Waals surface area contributed by atoms with E-state index in [0.29, 0.717) is 0 Å². The van der Waals surface area contributed by atoms with E-state index in [-0.39, 0.29) is 26.1 Å². The van der Waals surface area contributed by atoms with Gasteiger partial charge in [-0.3, -0.25) is 9.59 Å². The highest BCUT2D eigenvalue weighted by atomic mass is 16.6. The predicted octanol–water partition coefficient (Wildman–Crippen LogP) is 8.02. The Hall–Kier alpha value is -5.23. The summed E-state index contributed by atoms with van der Waals surface area (Å²) >= 11 is 0. The molecular weight excluding hydrogens is 564 g/mol. The van der Waals surface area contributed by atoms with Crippen LogP contribution < -0.4 is 0 Å². The van der Waals surface area contributed by atoms with Gasteiger partial charge in [-0.25, -0.2) is 4.79 Å². The van der Waals surface area contributed by atoms with Crippen LogP contribution in [-0.2, 0) is 41.8 Å². The van der Waals surface area contributed by atoms with Crippen molar-refractivity contribution in [2.45, 2.75) is 46.0 Å². The summed E-state index contributed by atoms with van der Waals surface area (Å²) in [7, 11) is 0. The molecule has 1 aliphatic heterocycles. The molecule has 7 rings (SSSR count). The van der Waals surface area contributed by atoms with Crippen LogP contribution in [-0.4, -0.2) is 24.0 Å². The van der Waals surface area contributed by atoms with Gasteiger partial charge in [0.2, 0.25) is 6.10 Å². The molecule has 0 N–H and O–H groups in total. The standard InChI is InChI=1S/C39H32O6/c1-23-25-11-3-7-15-29(25)34(30-16-8-4-12-26(23)30)21-43-38(41)33-19-20-36(40)45-37(33)39(42)44-22-35-31-17-9-5-13-27(31)24(2)28-14-6-10-18-32(28)35/h3-18,33,37H,19-22H2,1-2H3. The van der Waals surface area contributed by atoms with Crippen LogP contribution >= 0.6 is 0 Å². The van der Waals surface area contributed by atoms with Gasteiger partial charge in [-0.1, -0.05) is 97.1 Å². The molecule has 0 radical (unpaired) electrons. The molecule has 1 aliphatic rings. The van der Waals surface area contributed by atoms with Crippen LogP contribution in [0.15, 0.2) is 97.1 Å². The van der Waals surface area contributed by atoms with E-state index in [1.807, 2.05) is 72.8 Å². The van der Waals surface area contributed by atoms with E-state index < -0.39 is 29.9 Å². The van der Waals surface area contributed by atoms with Gasteiger partial charge < -0.3 is 14.2 Å². The fourth-order valence-corrected chi connectivity index (χ4v) is 6.82. The molecule has 2 atom stereocenters. The highest BCUT2D eigenvalue weighted by Gasteiger charge is 2.43. The first-order chi connectivity index (χ1) is 21.9. The second-order valence-corrected chi connectivity index (χ2v) is 11.7. The average Bonchev–Trinajstić information content (AvgIpc) is 3.08. The summed E-state index contributed by atoms with van der Waals surface area (Å²) in [6.07, 6.45) is -1.22. The zero-order valence-electron chi connectivity index (χ0n) is 25.2. The third kappa shape index (κ3) is 5.06. The number of hydrogen-bond donors (Lipinski definition) is 0. The molecule has 1 saturated heterocycles. The molecule has 0 saturated carbocycles. The molecule has 0 amide bonds. The molecular formula is C39H32O6. The zero-order valence-corrected chi connectivity index (χ0v) is 25.2. The van der Waals surface area contributed by atoms with Crippen molar-refractivity contribution in [3.05, 3.63) is 119 Å².